The molecule has 0 saturated carbocycles. The lowest BCUT2D eigenvalue weighted by Gasteiger charge is -2.28. The molecule has 6 heteroatoms. The molecule has 3 aromatic heterocycles. The van der Waals surface area contributed by atoms with Crippen LogP contribution in [0.5, 0.6) is 0 Å². The van der Waals surface area contributed by atoms with Gasteiger partial charge in [-0.1, -0.05) is 18.2 Å². The molecule has 130 valence electrons. The monoisotopic (exact) mass is 344 g/mol. The van der Waals surface area contributed by atoms with Crippen LogP contribution in [0.1, 0.15) is 19.3 Å². The fourth-order valence-corrected chi connectivity index (χ4v) is 3.58. The highest BCUT2D eigenvalue weighted by atomic mass is 15.4. The van der Waals surface area contributed by atoms with Gasteiger partial charge in [0, 0.05) is 24.7 Å². The van der Waals surface area contributed by atoms with Crippen molar-refractivity contribution in [2.24, 2.45) is 0 Å². The minimum absolute atomic E-state index is 0.567. The van der Waals surface area contributed by atoms with Crippen molar-refractivity contribution in [1.29, 1.82) is 0 Å². The zero-order valence-electron chi connectivity index (χ0n) is 14.5. The van der Waals surface area contributed by atoms with E-state index in [1.165, 1.54) is 19.3 Å². The smallest absolute Gasteiger partial charge is 0.248 e. The molecule has 4 heterocycles. The zero-order valence-corrected chi connectivity index (χ0v) is 14.5. The first-order valence-corrected chi connectivity index (χ1v) is 9.10. The van der Waals surface area contributed by atoms with Gasteiger partial charge in [0.2, 0.25) is 5.95 Å². The first-order valence-electron chi connectivity index (χ1n) is 9.10. The molecule has 1 N–H and O–H groups in total. The van der Waals surface area contributed by atoms with Gasteiger partial charge in [-0.2, -0.15) is 4.98 Å². The van der Waals surface area contributed by atoms with Crippen LogP contribution in [0.2, 0.25) is 0 Å². The lowest BCUT2D eigenvalue weighted by molar-refractivity contribution is 0.578. The summed E-state index contributed by atoms with van der Waals surface area (Å²) in [6, 6.07) is 16.2. The number of piperidine rings is 1. The highest BCUT2D eigenvalue weighted by Gasteiger charge is 2.16. The predicted molar refractivity (Wildman–Crippen MR) is 104 cm³/mol. The van der Waals surface area contributed by atoms with E-state index < -0.39 is 0 Å². The molecule has 5 rings (SSSR count). The van der Waals surface area contributed by atoms with Crippen LogP contribution in [0.4, 0.5) is 17.5 Å². The number of hydrogen-bond donors (Lipinski definition) is 1. The van der Waals surface area contributed by atoms with Crippen molar-refractivity contribution >= 4 is 34.0 Å². The van der Waals surface area contributed by atoms with Gasteiger partial charge in [-0.05, 0) is 49.6 Å². The summed E-state index contributed by atoms with van der Waals surface area (Å²) < 4.78 is 1.84. The average molecular weight is 344 g/mol. The SMILES string of the molecule is c1ccc2nc(Nc3nc4c(N5CCCCC5)cccn4n3)ccc2c1. The first-order chi connectivity index (χ1) is 12.9. The number of aromatic nitrogens is 4. The molecule has 0 radical (unpaired) electrons. The molecule has 6 nitrogen and oxygen atoms in total. The van der Waals surface area contributed by atoms with Crippen molar-refractivity contribution in [3.05, 3.63) is 54.7 Å². The van der Waals surface area contributed by atoms with Crippen molar-refractivity contribution < 1.29 is 0 Å². The maximum Gasteiger partial charge on any atom is 0.248 e. The Morgan fingerprint density at radius 2 is 1.73 bits per heavy atom. The van der Waals surface area contributed by atoms with Crippen LogP contribution in [0, 0.1) is 0 Å². The molecule has 0 amide bonds. The Morgan fingerprint density at radius 1 is 0.846 bits per heavy atom. The van der Waals surface area contributed by atoms with E-state index in [-0.39, 0.29) is 0 Å². The Kier molecular flexibility index (Phi) is 3.66. The molecule has 1 aliphatic heterocycles. The van der Waals surface area contributed by atoms with Crippen LogP contribution < -0.4 is 10.2 Å². The molecule has 0 unspecified atom stereocenters. The first kappa shape index (κ1) is 15.1. The Labute approximate surface area is 151 Å². The average Bonchev–Trinajstić information content (AvgIpc) is 3.11. The molecule has 4 aromatic rings. The molecular weight excluding hydrogens is 324 g/mol. The van der Waals surface area contributed by atoms with Gasteiger partial charge in [-0.25, -0.2) is 9.50 Å². The Bertz CT molecular complexity index is 1060. The van der Waals surface area contributed by atoms with Gasteiger partial charge in [-0.15, -0.1) is 5.10 Å². The van der Waals surface area contributed by atoms with E-state index in [1.807, 2.05) is 41.0 Å². The second-order valence-corrected chi connectivity index (χ2v) is 6.66. The lowest BCUT2D eigenvalue weighted by Crippen LogP contribution is -2.29. The third kappa shape index (κ3) is 2.73. The molecule has 0 aliphatic carbocycles. The fourth-order valence-electron chi connectivity index (χ4n) is 3.58. The summed E-state index contributed by atoms with van der Waals surface area (Å²) in [5, 5.41) is 8.93. The van der Waals surface area contributed by atoms with E-state index in [0.717, 1.165) is 41.1 Å². The highest BCUT2D eigenvalue weighted by Crippen LogP contribution is 2.25. The molecule has 1 aliphatic rings. The van der Waals surface area contributed by atoms with E-state index in [9.17, 15) is 0 Å². The minimum Gasteiger partial charge on any atom is -0.368 e. The number of nitrogens with one attached hydrogen (secondary N) is 1. The number of hydrogen-bond acceptors (Lipinski definition) is 5. The molecule has 0 atom stereocenters. The zero-order chi connectivity index (χ0) is 17.3. The molecule has 0 spiro atoms. The van der Waals surface area contributed by atoms with Crippen molar-refractivity contribution in [1.82, 2.24) is 19.6 Å². The van der Waals surface area contributed by atoms with E-state index in [1.54, 1.807) is 0 Å². The van der Waals surface area contributed by atoms with Crippen molar-refractivity contribution in [2.45, 2.75) is 19.3 Å². The van der Waals surface area contributed by atoms with Crippen LogP contribution in [-0.4, -0.2) is 32.7 Å². The molecule has 0 bridgehead atoms. The summed E-state index contributed by atoms with van der Waals surface area (Å²) in [5.74, 6) is 1.32. The number of benzene rings is 1. The minimum atomic E-state index is 0.567. The van der Waals surface area contributed by atoms with E-state index >= 15 is 0 Å². The molecule has 1 saturated heterocycles. The van der Waals surface area contributed by atoms with Gasteiger partial charge in [-0.3, -0.25) is 0 Å². The maximum atomic E-state index is 4.72. The number of pyridine rings is 2. The quantitative estimate of drug-likeness (QED) is 0.608. The number of anilines is 3. The van der Waals surface area contributed by atoms with Gasteiger partial charge < -0.3 is 10.2 Å². The number of para-hydroxylation sites is 1. The highest BCUT2D eigenvalue weighted by molar-refractivity contribution is 5.80. The summed E-state index contributed by atoms with van der Waals surface area (Å²) in [5.41, 5.74) is 2.99. The summed E-state index contributed by atoms with van der Waals surface area (Å²) >= 11 is 0. The number of fused-ring (bicyclic) bond motifs is 2. The van der Waals surface area contributed by atoms with Crippen molar-refractivity contribution in [2.75, 3.05) is 23.3 Å². The number of rotatable bonds is 3. The van der Waals surface area contributed by atoms with E-state index in [4.69, 9.17) is 4.98 Å². The number of nitrogens with zero attached hydrogens (tertiary/aromatic N) is 5. The third-order valence-corrected chi connectivity index (χ3v) is 4.88. The summed E-state index contributed by atoms with van der Waals surface area (Å²) in [7, 11) is 0. The Hall–Kier alpha value is -3.15. The maximum absolute atomic E-state index is 4.72. The van der Waals surface area contributed by atoms with Crippen molar-refractivity contribution in [3.8, 4) is 0 Å². The van der Waals surface area contributed by atoms with Crippen LogP contribution in [0.3, 0.4) is 0 Å². The standard InChI is InChI=1S/C20H20N6/c1-4-12-25(13-5-1)17-9-6-14-26-19(17)23-20(24-26)22-18-11-10-15-7-2-3-8-16(15)21-18/h2-3,6-11,14H,1,4-5,12-13H2,(H,21,22,24). The molecular formula is C20H20N6. The van der Waals surface area contributed by atoms with Gasteiger partial charge >= 0.3 is 0 Å². The Balaban J connectivity index is 1.48. The van der Waals surface area contributed by atoms with Gasteiger partial charge in [0.1, 0.15) is 5.82 Å². The molecule has 1 aromatic carbocycles. The Morgan fingerprint density at radius 3 is 2.65 bits per heavy atom. The van der Waals surface area contributed by atoms with Crippen LogP contribution in [0.25, 0.3) is 16.6 Å². The third-order valence-electron chi connectivity index (χ3n) is 4.88. The van der Waals surface area contributed by atoms with E-state index in [0.29, 0.717) is 5.95 Å². The topological polar surface area (TPSA) is 58.4 Å². The normalized spacial score (nSPS) is 14.8. The van der Waals surface area contributed by atoms with Crippen molar-refractivity contribution in [3.63, 3.8) is 0 Å². The summed E-state index contributed by atoms with van der Waals surface area (Å²) in [6.07, 6.45) is 5.73. The lowest BCUT2D eigenvalue weighted by atomic mass is 10.1. The fraction of sp³-hybridized carbons (Fsp3) is 0.250. The van der Waals surface area contributed by atoms with Gasteiger partial charge in [0.25, 0.3) is 0 Å². The van der Waals surface area contributed by atoms with Crippen LogP contribution in [0.15, 0.2) is 54.7 Å². The van der Waals surface area contributed by atoms with Gasteiger partial charge in [0.15, 0.2) is 5.65 Å². The largest absolute Gasteiger partial charge is 0.368 e. The molecule has 1 fully saturated rings. The van der Waals surface area contributed by atoms with Crippen LogP contribution >= 0.6 is 0 Å². The summed E-state index contributed by atoms with van der Waals surface area (Å²) in [6.45, 7) is 2.17. The van der Waals surface area contributed by atoms with Gasteiger partial charge in [0.05, 0.1) is 11.2 Å². The van der Waals surface area contributed by atoms with E-state index in [2.05, 4.69) is 38.5 Å². The second kappa shape index (κ2) is 6.29. The van der Waals surface area contributed by atoms with Crippen LogP contribution in [-0.2, 0) is 0 Å². The second-order valence-electron chi connectivity index (χ2n) is 6.66. The predicted octanol–water partition coefficient (Wildman–Crippen LogP) is 4.01. The summed E-state index contributed by atoms with van der Waals surface area (Å²) in [4.78, 5) is 11.8. The molecule has 26 heavy (non-hydrogen) atoms.